The molecular weight excluding hydrogens is 316 g/mol. The molecule has 0 unspecified atom stereocenters. The lowest BCUT2D eigenvalue weighted by atomic mass is 10.2. The molecule has 0 aliphatic carbocycles. The van der Waals surface area contributed by atoms with Crippen molar-refractivity contribution >= 4 is 40.6 Å². The molecule has 5 N–H and O–H groups in total. The van der Waals surface area contributed by atoms with Gasteiger partial charge in [-0.15, -0.1) is 11.3 Å². The maximum Gasteiger partial charge on any atom is 0.316 e. The van der Waals surface area contributed by atoms with Crippen molar-refractivity contribution in [3.63, 3.8) is 0 Å². The number of hydrogen-bond donors (Lipinski definition) is 4. The highest BCUT2D eigenvalue weighted by Gasteiger charge is 2.08. The molecule has 23 heavy (non-hydrogen) atoms. The van der Waals surface area contributed by atoms with Gasteiger partial charge in [-0.3, -0.25) is 9.59 Å². The molecule has 0 aliphatic heterocycles. The lowest BCUT2D eigenvalue weighted by molar-refractivity contribution is -0.116. The van der Waals surface area contributed by atoms with E-state index in [-0.39, 0.29) is 24.8 Å². The molecule has 0 radical (unpaired) electrons. The van der Waals surface area contributed by atoms with Gasteiger partial charge in [0.05, 0.1) is 4.88 Å². The van der Waals surface area contributed by atoms with E-state index >= 15 is 0 Å². The van der Waals surface area contributed by atoms with Crippen molar-refractivity contribution in [3.05, 3.63) is 46.7 Å². The second-order valence-corrected chi connectivity index (χ2v) is 5.55. The van der Waals surface area contributed by atoms with Crippen molar-refractivity contribution in [3.8, 4) is 0 Å². The number of anilines is 2. The first-order chi connectivity index (χ1) is 11.0. The van der Waals surface area contributed by atoms with Crippen LogP contribution in [0.15, 0.2) is 41.8 Å². The minimum absolute atomic E-state index is 0.143. The lowest BCUT2D eigenvalue weighted by Gasteiger charge is -2.08. The Morgan fingerprint density at radius 1 is 1.04 bits per heavy atom. The standard InChI is InChI=1S/C15H16N4O3S/c16-15(22)19-11-4-1-3-10(9-11)18-13(20)6-7-17-14(21)12-5-2-8-23-12/h1-5,8-9H,6-7H2,(H,17,21)(H,18,20)(H3,16,19,22). The van der Waals surface area contributed by atoms with Crippen LogP contribution in [0, 0.1) is 0 Å². The Labute approximate surface area is 136 Å². The highest BCUT2D eigenvalue weighted by molar-refractivity contribution is 7.12. The van der Waals surface area contributed by atoms with Crippen molar-refractivity contribution < 1.29 is 14.4 Å². The minimum atomic E-state index is -0.676. The van der Waals surface area contributed by atoms with Crippen LogP contribution in [0.1, 0.15) is 16.1 Å². The minimum Gasteiger partial charge on any atom is -0.351 e. The third-order valence-electron chi connectivity index (χ3n) is 2.80. The maximum atomic E-state index is 11.8. The highest BCUT2D eigenvalue weighted by Crippen LogP contribution is 2.15. The van der Waals surface area contributed by atoms with Gasteiger partial charge in [-0.05, 0) is 29.6 Å². The zero-order valence-electron chi connectivity index (χ0n) is 12.2. The van der Waals surface area contributed by atoms with Gasteiger partial charge in [0.1, 0.15) is 0 Å². The summed E-state index contributed by atoms with van der Waals surface area (Å²) in [7, 11) is 0. The Kier molecular flexibility index (Phi) is 5.70. The summed E-state index contributed by atoms with van der Waals surface area (Å²) in [6.07, 6.45) is 0.143. The van der Waals surface area contributed by atoms with Gasteiger partial charge in [0.2, 0.25) is 5.91 Å². The van der Waals surface area contributed by atoms with Crippen LogP contribution in [0.25, 0.3) is 0 Å². The zero-order valence-corrected chi connectivity index (χ0v) is 13.0. The van der Waals surface area contributed by atoms with E-state index in [1.807, 2.05) is 5.38 Å². The SMILES string of the molecule is NC(=O)Nc1cccc(NC(=O)CCNC(=O)c2cccs2)c1. The zero-order chi connectivity index (χ0) is 16.7. The molecule has 0 atom stereocenters. The summed E-state index contributed by atoms with van der Waals surface area (Å²) in [5.41, 5.74) is 6.05. The van der Waals surface area contributed by atoms with E-state index in [0.29, 0.717) is 16.3 Å². The fourth-order valence-electron chi connectivity index (χ4n) is 1.82. The molecule has 8 heteroatoms. The fourth-order valence-corrected chi connectivity index (χ4v) is 2.46. The molecule has 0 saturated carbocycles. The number of benzene rings is 1. The summed E-state index contributed by atoms with van der Waals surface area (Å²) in [6.45, 7) is 0.238. The van der Waals surface area contributed by atoms with Crippen molar-refractivity contribution in [1.82, 2.24) is 5.32 Å². The van der Waals surface area contributed by atoms with Crippen molar-refractivity contribution in [2.24, 2.45) is 5.73 Å². The van der Waals surface area contributed by atoms with E-state index in [4.69, 9.17) is 5.73 Å². The molecule has 0 bridgehead atoms. The molecule has 4 amide bonds. The van der Waals surface area contributed by atoms with E-state index in [0.717, 1.165) is 0 Å². The van der Waals surface area contributed by atoms with Gasteiger partial charge >= 0.3 is 6.03 Å². The molecule has 2 rings (SSSR count). The van der Waals surface area contributed by atoms with Crippen LogP contribution >= 0.6 is 11.3 Å². The summed E-state index contributed by atoms with van der Waals surface area (Å²) in [6, 6.07) is 9.45. The first-order valence-corrected chi connectivity index (χ1v) is 7.70. The second kappa shape index (κ2) is 7.95. The number of carbonyl (C=O) groups is 3. The van der Waals surface area contributed by atoms with Crippen LogP contribution in [0.5, 0.6) is 0 Å². The molecule has 1 aromatic heterocycles. The van der Waals surface area contributed by atoms with Crippen LogP contribution in [0.2, 0.25) is 0 Å². The van der Waals surface area contributed by atoms with Gasteiger partial charge in [-0.2, -0.15) is 0 Å². The maximum absolute atomic E-state index is 11.8. The van der Waals surface area contributed by atoms with Gasteiger partial charge in [-0.25, -0.2) is 4.79 Å². The second-order valence-electron chi connectivity index (χ2n) is 4.60. The van der Waals surface area contributed by atoms with Crippen LogP contribution in [-0.2, 0) is 4.79 Å². The number of thiophene rings is 1. The number of nitrogens with one attached hydrogen (secondary N) is 3. The van der Waals surface area contributed by atoms with Crippen LogP contribution < -0.4 is 21.7 Å². The fraction of sp³-hybridized carbons (Fsp3) is 0.133. The summed E-state index contributed by atoms with van der Waals surface area (Å²) >= 11 is 1.34. The van der Waals surface area contributed by atoms with Gasteiger partial charge < -0.3 is 21.7 Å². The average molecular weight is 332 g/mol. The van der Waals surface area contributed by atoms with Crippen LogP contribution in [0.4, 0.5) is 16.2 Å². The number of hydrogen-bond acceptors (Lipinski definition) is 4. The van der Waals surface area contributed by atoms with Crippen LogP contribution in [0.3, 0.4) is 0 Å². The molecule has 0 spiro atoms. The smallest absolute Gasteiger partial charge is 0.316 e. The van der Waals surface area contributed by atoms with E-state index < -0.39 is 6.03 Å². The predicted octanol–water partition coefficient (Wildman–Crippen LogP) is 2.00. The van der Waals surface area contributed by atoms with Crippen molar-refractivity contribution in [2.45, 2.75) is 6.42 Å². The summed E-state index contributed by atoms with van der Waals surface area (Å²) < 4.78 is 0. The first kappa shape index (κ1) is 16.5. The Hall–Kier alpha value is -2.87. The first-order valence-electron chi connectivity index (χ1n) is 6.82. The molecule has 1 heterocycles. The Bertz CT molecular complexity index is 701. The monoisotopic (exact) mass is 332 g/mol. The Morgan fingerprint density at radius 2 is 1.78 bits per heavy atom. The highest BCUT2D eigenvalue weighted by atomic mass is 32.1. The molecule has 0 aliphatic rings. The predicted molar refractivity (Wildman–Crippen MR) is 89.5 cm³/mol. The van der Waals surface area contributed by atoms with E-state index in [1.165, 1.54) is 11.3 Å². The van der Waals surface area contributed by atoms with E-state index in [2.05, 4.69) is 16.0 Å². The molecule has 0 saturated heterocycles. The van der Waals surface area contributed by atoms with Gasteiger partial charge in [0, 0.05) is 24.3 Å². The normalized spacial score (nSPS) is 9.91. The lowest BCUT2D eigenvalue weighted by Crippen LogP contribution is -2.27. The number of amides is 4. The molecule has 7 nitrogen and oxygen atoms in total. The van der Waals surface area contributed by atoms with Gasteiger partial charge in [0.15, 0.2) is 0 Å². The average Bonchev–Trinajstić information content (AvgIpc) is 3.01. The van der Waals surface area contributed by atoms with Crippen molar-refractivity contribution in [1.29, 1.82) is 0 Å². The number of rotatable bonds is 6. The topological polar surface area (TPSA) is 113 Å². The molecule has 0 fully saturated rings. The third-order valence-corrected chi connectivity index (χ3v) is 3.67. The third kappa shape index (κ3) is 5.44. The summed E-state index contributed by atoms with van der Waals surface area (Å²) in [4.78, 5) is 34.9. The number of primary amides is 1. The number of carbonyl (C=O) groups excluding carboxylic acids is 3. The summed E-state index contributed by atoms with van der Waals surface area (Å²) in [5, 5.41) is 9.60. The largest absolute Gasteiger partial charge is 0.351 e. The van der Waals surface area contributed by atoms with E-state index in [1.54, 1.807) is 36.4 Å². The van der Waals surface area contributed by atoms with Crippen molar-refractivity contribution in [2.75, 3.05) is 17.2 Å². The summed E-state index contributed by atoms with van der Waals surface area (Å²) in [5.74, 6) is -0.437. The molecule has 120 valence electrons. The molecule has 2 aromatic rings. The number of nitrogens with two attached hydrogens (primary N) is 1. The number of urea groups is 1. The Morgan fingerprint density at radius 3 is 2.43 bits per heavy atom. The molecule has 1 aromatic carbocycles. The Balaban J connectivity index is 1.78. The van der Waals surface area contributed by atoms with E-state index in [9.17, 15) is 14.4 Å². The molecular formula is C15H16N4O3S. The van der Waals surface area contributed by atoms with Crippen LogP contribution in [-0.4, -0.2) is 24.4 Å². The van der Waals surface area contributed by atoms with Gasteiger partial charge in [-0.1, -0.05) is 12.1 Å². The van der Waals surface area contributed by atoms with Gasteiger partial charge in [0.25, 0.3) is 5.91 Å². The quantitative estimate of drug-likeness (QED) is 0.648.